The predicted molar refractivity (Wildman–Crippen MR) is 110 cm³/mol. The number of hydrogen-bond acceptors (Lipinski definition) is 5. The van der Waals surface area contributed by atoms with Crippen molar-refractivity contribution in [2.45, 2.75) is 0 Å². The molecule has 0 aliphatic rings. The Morgan fingerprint density at radius 2 is 1.43 bits per heavy atom. The molecule has 0 radical (unpaired) electrons. The van der Waals surface area contributed by atoms with Crippen LogP contribution in [0.3, 0.4) is 0 Å². The third-order valence-corrected chi connectivity index (χ3v) is 4.28. The van der Waals surface area contributed by atoms with E-state index in [1.165, 1.54) is 0 Å². The highest BCUT2D eigenvalue weighted by molar-refractivity contribution is 6.06. The smallest absolute Gasteiger partial charge is 0.290 e. The van der Waals surface area contributed by atoms with E-state index in [9.17, 15) is 14.4 Å². The topological polar surface area (TPSA) is 113 Å². The van der Waals surface area contributed by atoms with E-state index in [0.717, 1.165) is 0 Å². The van der Waals surface area contributed by atoms with E-state index in [-0.39, 0.29) is 5.69 Å². The molecule has 148 valence electrons. The van der Waals surface area contributed by atoms with Gasteiger partial charge in [-0.2, -0.15) is 5.10 Å². The van der Waals surface area contributed by atoms with E-state index in [1.807, 2.05) is 18.2 Å². The van der Waals surface area contributed by atoms with Crippen LogP contribution in [-0.4, -0.2) is 22.0 Å². The zero-order valence-corrected chi connectivity index (χ0v) is 15.6. The number of hydrazine groups is 1. The summed E-state index contributed by atoms with van der Waals surface area (Å²) in [5.41, 5.74) is 4.54. The number of hydrogen-bond donors (Lipinski definition) is 3. The van der Waals surface area contributed by atoms with Crippen LogP contribution in [0.4, 0.5) is 0 Å². The van der Waals surface area contributed by atoms with E-state index in [1.54, 1.807) is 60.7 Å². The molecule has 8 heteroatoms. The van der Waals surface area contributed by atoms with Crippen molar-refractivity contribution in [1.82, 2.24) is 21.0 Å². The number of benzene rings is 3. The number of amides is 2. The van der Waals surface area contributed by atoms with Crippen LogP contribution in [0.1, 0.15) is 20.8 Å². The lowest BCUT2D eigenvalue weighted by atomic mass is 10.1. The largest absolute Gasteiger partial charge is 0.457 e. The number of carbonyl (C=O) groups excluding carboxylic acids is 2. The van der Waals surface area contributed by atoms with Crippen molar-refractivity contribution < 1.29 is 14.3 Å². The van der Waals surface area contributed by atoms with Gasteiger partial charge in [0.1, 0.15) is 11.5 Å². The van der Waals surface area contributed by atoms with Crippen molar-refractivity contribution in [3.63, 3.8) is 0 Å². The van der Waals surface area contributed by atoms with Crippen LogP contribution in [0.25, 0.3) is 10.8 Å². The number of aromatic nitrogens is 2. The molecule has 0 unspecified atom stereocenters. The lowest BCUT2D eigenvalue weighted by Gasteiger charge is -2.10. The van der Waals surface area contributed by atoms with Crippen LogP contribution in [0, 0.1) is 0 Å². The third-order valence-electron chi connectivity index (χ3n) is 4.28. The number of ether oxygens (including phenoxy) is 1. The molecule has 0 spiro atoms. The first-order valence-electron chi connectivity index (χ1n) is 9.03. The molecule has 4 aromatic rings. The average molecular weight is 400 g/mol. The number of aromatic amines is 1. The van der Waals surface area contributed by atoms with Crippen LogP contribution in [0.2, 0.25) is 0 Å². The fourth-order valence-electron chi connectivity index (χ4n) is 2.86. The minimum atomic E-state index is -0.660. The minimum Gasteiger partial charge on any atom is -0.457 e. The quantitative estimate of drug-likeness (QED) is 0.456. The number of nitrogens with one attached hydrogen (secondary N) is 3. The first kappa shape index (κ1) is 18.9. The molecule has 0 saturated heterocycles. The molecule has 30 heavy (non-hydrogen) atoms. The van der Waals surface area contributed by atoms with Crippen molar-refractivity contribution in [3.8, 4) is 11.5 Å². The highest BCUT2D eigenvalue weighted by Gasteiger charge is 2.15. The van der Waals surface area contributed by atoms with Gasteiger partial charge in [0.25, 0.3) is 17.4 Å². The zero-order chi connectivity index (χ0) is 20.9. The van der Waals surface area contributed by atoms with E-state index in [0.29, 0.717) is 27.8 Å². The summed E-state index contributed by atoms with van der Waals surface area (Å²) in [6.45, 7) is 0. The van der Waals surface area contributed by atoms with E-state index in [2.05, 4.69) is 21.0 Å². The van der Waals surface area contributed by atoms with Crippen LogP contribution in [-0.2, 0) is 0 Å². The highest BCUT2D eigenvalue weighted by atomic mass is 16.5. The van der Waals surface area contributed by atoms with Crippen molar-refractivity contribution in [3.05, 3.63) is 100 Å². The molecular weight excluding hydrogens is 384 g/mol. The van der Waals surface area contributed by atoms with Gasteiger partial charge >= 0.3 is 0 Å². The maximum absolute atomic E-state index is 12.5. The van der Waals surface area contributed by atoms with Gasteiger partial charge in [0, 0.05) is 10.9 Å². The molecular formula is C22H16N4O4. The van der Waals surface area contributed by atoms with Crippen LogP contribution in [0.5, 0.6) is 11.5 Å². The Morgan fingerprint density at radius 3 is 2.23 bits per heavy atom. The second-order valence-corrected chi connectivity index (χ2v) is 6.30. The van der Waals surface area contributed by atoms with Gasteiger partial charge in [0.2, 0.25) is 0 Å². The van der Waals surface area contributed by atoms with Gasteiger partial charge in [0.15, 0.2) is 5.69 Å². The van der Waals surface area contributed by atoms with Gasteiger partial charge in [-0.25, -0.2) is 5.10 Å². The van der Waals surface area contributed by atoms with Crippen molar-refractivity contribution in [1.29, 1.82) is 0 Å². The fraction of sp³-hybridized carbons (Fsp3) is 0. The normalized spacial score (nSPS) is 10.4. The van der Waals surface area contributed by atoms with Crippen molar-refractivity contribution >= 4 is 22.6 Å². The van der Waals surface area contributed by atoms with Gasteiger partial charge in [-0.1, -0.05) is 42.5 Å². The molecule has 3 N–H and O–H groups in total. The van der Waals surface area contributed by atoms with Gasteiger partial charge < -0.3 is 4.74 Å². The first-order valence-corrected chi connectivity index (χ1v) is 9.03. The molecule has 0 saturated carbocycles. The third kappa shape index (κ3) is 4.02. The molecule has 0 bridgehead atoms. The second-order valence-electron chi connectivity index (χ2n) is 6.30. The Kier molecular flexibility index (Phi) is 5.21. The molecule has 3 aromatic carbocycles. The minimum absolute atomic E-state index is 0.00772. The van der Waals surface area contributed by atoms with E-state index >= 15 is 0 Å². The van der Waals surface area contributed by atoms with Gasteiger partial charge in [-0.05, 0) is 36.4 Å². The summed E-state index contributed by atoms with van der Waals surface area (Å²) in [6.07, 6.45) is 0. The summed E-state index contributed by atoms with van der Waals surface area (Å²) in [7, 11) is 0. The zero-order valence-electron chi connectivity index (χ0n) is 15.6. The fourth-order valence-corrected chi connectivity index (χ4v) is 2.86. The van der Waals surface area contributed by atoms with Crippen LogP contribution < -0.4 is 21.1 Å². The Bertz CT molecular complexity index is 1290. The van der Waals surface area contributed by atoms with Gasteiger partial charge in [-0.3, -0.25) is 25.2 Å². The number of H-pyrrole nitrogens is 1. The SMILES string of the molecule is O=C(NNC(=O)c1n[nH]c(=O)c2ccccc12)c1cccc(Oc2ccccc2)c1. The second kappa shape index (κ2) is 8.27. The number of carbonyl (C=O) groups is 2. The maximum Gasteiger partial charge on any atom is 0.290 e. The Hall–Kier alpha value is -4.46. The lowest BCUT2D eigenvalue weighted by molar-refractivity contribution is 0.0844. The molecule has 8 nitrogen and oxygen atoms in total. The van der Waals surface area contributed by atoms with Gasteiger partial charge in [-0.15, -0.1) is 0 Å². The van der Waals surface area contributed by atoms with Crippen LogP contribution >= 0.6 is 0 Å². The van der Waals surface area contributed by atoms with E-state index in [4.69, 9.17) is 4.74 Å². The summed E-state index contributed by atoms with van der Waals surface area (Å²) in [4.78, 5) is 36.8. The van der Waals surface area contributed by atoms with Crippen molar-refractivity contribution in [2.24, 2.45) is 0 Å². The number of nitrogens with zero attached hydrogens (tertiary/aromatic N) is 1. The lowest BCUT2D eigenvalue weighted by Crippen LogP contribution is -2.42. The average Bonchev–Trinajstić information content (AvgIpc) is 2.78. The predicted octanol–water partition coefficient (Wildman–Crippen LogP) is 2.79. The summed E-state index contributed by atoms with van der Waals surface area (Å²) in [5.74, 6) is -0.0732. The van der Waals surface area contributed by atoms with E-state index < -0.39 is 17.4 Å². The van der Waals surface area contributed by atoms with Crippen LogP contribution in [0.15, 0.2) is 83.7 Å². The molecule has 0 atom stereocenters. The summed E-state index contributed by atoms with van der Waals surface area (Å²) in [6, 6.07) is 22.3. The molecule has 0 fully saturated rings. The summed E-state index contributed by atoms with van der Waals surface area (Å²) >= 11 is 0. The molecule has 1 aromatic heterocycles. The number of para-hydroxylation sites is 1. The monoisotopic (exact) mass is 400 g/mol. The van der Waals surface area contributed by atoms with Gasteiger partial charge in [0.05, 0.1) is 5.39 Å². The molecule has 4 rings (SSSR count). The highest BCUT2D eigenvalue weighted by Crippen LogP contribution is 2.21. The molecule has 1 heterocycles. The molecule has 0 aliphatic heterocycles. The maximum atomic E-state index is 12.5. The van der Waals surface area contributed by atoms with Crippen molar-refractivity contribution in [2.75, 3.05) is 0 Å². The summed E-state index contributed by atoms with van der Waals surface area (Å²) in [5, 5.41) is 6.78. The first-order chi connectivity index (χ1) is 14.6. The number of rotatable bonds is 4. The Morgan fingerprint density at radius 1 is 0.767 bits per heavy atom. The molecule has 2 amide bonds. The Labute approximate surface area is 170 Å². The number of fused-ring (bicyclic) bond motifs is 1. The Balaban J connectivity index is 1.46. The summed E-state index contributed by atoms with van der Waals surface area (Å²) < 4.78 is 5.71. The molecule has 0 aliphatic carbocycles. The standard InChI is InChI=1S/C22H16N4O4/c27-20(14-7-6-10-16(13-14)30-15-8-2-1-3-9-15)24-26-22(29)19-17-11-4-5-12-18(17)21(28)25-23-19/h1-13H,(H,24,27)(H,25,28)(H,26,29).